The van der Waals surface area contributed by atoms with Crippen LogP contribution in [0.4, 0.5) is 0 Å². The van der Waals surface area contributed by atoms with Crippen molar-refractivity contribution in [3.8, 4) is 0 Å². The Hall–Kier alpha value is -4.74. The van der Waals surface area contributed by atoms with Crippen LogP contribution in [0.2, 0.25) is 0 Å². The zero-order valence-corrected chi connectivity index (χ0v) is 31.6. The van der Waals surface area contributed by atoms with E-state index in [-0.39, 0.29) is 26.4 Å². The lowest BCUT2D eigenvalue weighted by Gasteiger charge is -2.48. The minimum Gasteiger partial charge on any atom is -0.463 e. The third-order valence-electron chi connectivity index (χ3n) is 8.81. The Morgan fingerprint density at radius 3 is 1.50 bits per heavy atom. The van der Waals surface area contributed by atoms with Gasteiger partial charge < -0.3 is 52.5 Å². The molecular weight excluding hydrogens is 732 g/mol. The van der Waals surface area contributed by atoms with E-state index in [9.17, 15) is 24.3 Å². The molecule has 3 aromatic carbocycles. The molecule has 56 heavy (non-hydrogen) atoms. The van der Waals surface area contributed by atoms with Crippen molar-refractivity contribution in [3.63, 3.8) is 0 Å². The van der Waals surface area contributed by atoms with Gasteiger partial charge in [-0.3, -0.25) is 19.2 Å². The maximum Gasteiger partial charge on any atom is 0.303 e. The lowest BCUT2D eigenvalue weighted by Crippen LogP contribution is -2.66. The summed E-state index contributed by atoms with van der Waals surface area (Å²) in [6, 6.07) is 28.0. The molecule has 2 fully saturated rings. The van der Waals surface area contributed by atoms with Crippen molar-refractivity contribution in [1.82, 2.24) is 0 Å². The third-order valence-corrected chi connectivity index (χ3v) is 8.81. The zero-order chi connectivity index (χ0) is 40.0. The molecule has 0 saturated carbocycles. The summed E-state index contributed by atoms with van der Waals surface area (Å²) in [6.45, 7) is 4.29. The Morgan fingerprint density at radius 1 is 0.518 bits per heavy atom. The van der Waals surface area contributed by atoms with Crippen LogP contribution in [0.1, 0.15) is 44.4 Å². The van der Waals surface area contributed by atoms with E-state index in [0.29, 0.717) is 0 Å². The normalized spacial score (nSPS) is 27.4. The SMILES string of the molecule is CC(=O)OC[C@H]1O[C@H](O[C@H]2[C@H](OCc3ccccc3)[C@@H](OCc3ccccc3)[C@H](O)O[C@@H]2COCc2ccccc2)[C@@H](OC(C)=O)[C@@H](OC(C)=O)[C@@H]1OC(C)=O. The summed E-state index contributed by atoms with van der Waals surface area (Å²) >= 11 is 0. The first-order valence-electron chi connectivity index (χ1n) is 18.2. The van der Waals surface area contributed by atoms with Gasteiger partial charge in [0.2, 0.25) is 0 Å². The number of aliphatic hydroxyl groups is 1. The topological polar surface area (TPSA) is 181 Å². The van der Waals surface area contributed by atoms with Gasteiger partial charge in [0.05, 0.1) is 26.4 Å². The fourth-order valence-electron chi connectivity index (χ4n) is 6.41. The van der Waals surface area contributed by atoms with Crippen molar-refractivity contribution >= 4 is 23.9 Å². The van der Waals surface area contributed by atoms with E-state index in [1.165, 1.54) is 6.92 Å². The molecule has 0 spiro atoms. The first kappa shape index (κ1) is 42.4. The van der Waals surface area contributed by atoms with Crippen LogP contribution in [0, 0.1) is 0 Å². The molecule has 2 heterocycles. The predicted molar refractivity (Wildman–Crippen MR) is 194 cm³/mol. The van der Waals surface area contributed by atoms with Gasteiger partial charge in [0.25, 0.3) is 0 Å². The highest BCUT2D eigenvalue weighted by Crippen LogP contribution is 2.35. The number of benzene rings is 3. The molecule has 10 atom stereocenters. The van der Waals surface area contributed by atoms with Crippen molar-refractivity contribution in [1.29, 1.82) is 0 Å². The summed E-state index contributed by atoms with van der Waals surface area (Å²) in [5.74, 6) is -3.05. The molecule has 15 heteroatoms. The van der Waals surface area contributed by atoms with Crippen LogP contribution in [0.15, 0.2) is 91.0 Å². The lowest BCUT2D eigenvalue weighted by atomic mass is 9.96. The maximum absolute atomic E-state index is 12.6. The van der Waals surface area contributed by atoms with Crippen LogP contribution in [-0.2, 0) is 86.4 Å². The fourth-order valence-corrected chi connectivity index (χ4v) is 6.41. The van der Waals surface area contributed by atoms with Crippen LogP contribution in [0.25, 0.3) is 0 Å². The van der Waals surface area contributed by atoms with Gasteiger partial charge in [0.15, 0.2) is 30.9 Å². The number of ether oxygens (including phenoxy) is 10. The van der Waals surface area contributed by atoms with Crippen molar-refractivity contribution in [2.24, 2.45) is 0 Å². The van der Waals surface area contributed by atoms with Gasteiger partial charge in [-0.1, -0.05) is 91.0 Å². The first-order chi connectivity index (χ1) is 27.0. The molecule has 2 aliphatic heterocycles. The summed E-state index contributed by atoms with van der Waals surface area (Å²) in [5.41, 5.74) is 2.49. The van der Waals surface area contributed by atoms with Crippen LogP contribution in [0.3, 0.4) is 0 Å². The van der Waals surface area contributed by atoms with E-state index in [4.69, 9.17) is 47.4 Å². The van der Waals surface area contributed by atoms with Gasteiger partial charge in [0.1, 0.15) is 37.1 Å². The van der Waals surface area contributed by atoms with E-state index in [1.807, 2.05) is 91.0 Å². The second-order valence-electron chi connectivity index (χ2n) is 13.3. The van der Waals surface area contributed by atoms with Crippen LogP contribution >= 0.6 is 0 Å². The van der Waals surface area contributed by atoms with E-state index in [2.05, 4.69) is 0 Å². The van der Waals surface area contributed by atoms with E-state index in [0.717, 1.165) is 37.5 Å². The van der Waals surface area contributed by atoms with Gasteiger partial charge in [-0.05, 0) is 16.7 Å². The molecule has 2 saturated heterocycles. The van der Waals surface area contributed by atoms with Gasteiger partial charge in [-0.15, -0.1) is 0 Å². The second-order valence-corrected chi connectivity index (χ2v) is 13.3. The molecule has 2 aliphatic rings. The molecule has 5 rings (SSSR count). The number of carbonyl (C=O) groups is 4. The monoisotopic (exact) mass is 780 g/mol. The molecule has 0 aliphatic carbocycles. The van der Waals surface area contributed by atoms with Crippen molar-refractivity contribution in [2.75, 3.05) is 13.2 Å². The maximum atomic E-state index is 12.6. The Kier molecular flexibility index (Phi) is 15.9. The molecule has 0 unspecified atom stereocenters. The highest BCUT2D eigenvalue weighted by molar-refractivity contribution is 5.68. The lowest BCUT2D eigenvalue weighted by molar-refractivity contribution is -0.365. The van der Waals surface area contributed by atoms with Crippen LogP contribution < -0.4 is 0 Å². The standard InChI is InChI=1S/C41H48O15/c1-25(42)48-24-33-35(51-26(2)43)37(52-27(3)44)39(53-28(4)45)41(55-33)56-34-32(23-47-20-29-14-8-5-9-15-29)54-40(46)38(50-22-31-18-12-7-13-19-31)36(34)49-21-30-16-10-6-11-17-30/h5-19,32-41,46H,20-24H2,1-4H3/t32-,33-,34-,35-,36+,37+,38-,39+,40-,41-/m1/s1. The Balaban J connectivity index is 1.54. The first-order valence-corrected chi connectivity index (χ1v) is 18.2. The molecule has 0 radical (unpaired) electrons. The van der Waals surface area contributed by atoms with E-state index in [1.54, 1.807) is 0 Å². The van der Waals surface area contributed by atoms with E-state index >= 15 is 0 Å². The highest BCUT2D eigenvalue weighted by atomic mass is 16.8. The van der Waals surface area contributed by atoms with Gasteiger partial charge in [0, 0.05) is 27.7 Å². The smallest absolute Gasteiger partial charge is 0.303 e. The number of esters is 4. The summed E-state index contributed by atoms with van der Waals surface area (Å²) in [4.78, 5) is 49.4. The largest absolute Gasteiger partial charge is 0.463 e. The Labute approximate surface area is 325 Å². The number of hydrogen-bond acceptors (Lipinski definition) is 15. The molecule has 1 N–H and O–H groups in total. The highest BCUT2D eigenvalue weighted by Gasteiger charge is 2.56. The summed E-state index contributed by atoms with van der Waals surface area (Å²) in [5, 5.41) is 11.5. The molecule has 0 amide bonds. The average Bonchev–Trinajstić information content (AvgIpc) is 3.16. The number of aliphatic hydroxyl groups excluding tert-OH is 1. The minimum absolute atomic E-state index is 0.0550. The predicted octanol–water partition coefficient (Wildman–Crippen LogP) is 3.56. The Morgan fingerprint density at radius 2 is 0.982 bits per heavy atom. The molecule has 0 aromatic heterocycles. The quantitative estimate of drug-likeness (QED) is 0.155. The molecule has 3 aromatic rings. The molecule has 302 valence electrons. The molecule has 15 nitrogen and oxygen atoms in total. The number of rotatable bonds is 17. The second kappa shape index (κ2) is 21.0. The third kappa shape index (κ3) is 12.4. The van der Waals surface area contributed by atoms with Crippen molar-refractivity contribution < 1.29 is 71.7 Å². The minimum atomic E-state index is -1.59. The Bertz CT molecular complexity index is 1690. The average molecular weight is 781 g/mol. The zero-order valence-electron chi connectivity index (χ0n) is 31.6. The van der Waals surface area contributed by atoms with Crippen molar-refractivity contribution in [2.45, 2.75) is 109 Å². The van der Waals surface area contributed by atoms with Crippen LogP contribution in [-0.4, -0.2) is 104 Å². The summed E-state index contributed by atoms with van der Waals surface area (Å²) in [7, 11) is 0. The number of carbonyl (C=O) groups excluding carboxylic acids is 4. The molecular formula is C41H48O15. The van der Waals surface area contributed by atoms with Crippen molar-refractivity contribution in [3.05, 3.63) is 108 Å². The van der Waals surface area contributed by atoms with Gasteiger partial charge in [-0.25, -0.2) is 0 Å². The fraction of sp³-hybridized carbons (Fsp3) is 0.463. The van der Waals surface area contributed by atoms with Crippen LogP contribution in [0.5, 0.6) is 0 Å². The van der Waals surface area contributed by atoms with E-state index < -0.39 is 91.9 Å². The number of hydrogen-bond donors (Lipinski definition) is 1. The summed E-state index contributed by atoms with van der Waals surface area (Å²) < 4.78 is 60.2. The summed E-state index contributed by atoms with van der Waals surface area (Å²) in [6.07, 6.45) is -13.3. The van der Waals surface area contributed by atoms with Gasteiger partial charge >= 0.3 is 23.9 Å². The van der Waals surface area contributed by atoms with Gasteiger partial charge in [-0.2, -0.15) is 0 Å². The molecule has 0 bridgehead atoms.